The van der Waals surface area contributed by atoms with Crippen LogP contribution in [0.2, 0.25) is 0 Å². The second kappa shape index (κ2) is 6.36. The van der Waals surface area contributed by atoms with Crippen molar-refractivity contribution in [3.63, 3.8) is 0 Å². The highest BCUT2D eigenvalue weighted by Crippen LogP contribution is 2.29. The van der Waals surface area contributed by atoms with Crippen LogP contribution in [0.5, 0.6) is 0 Å². The Balaban J connectivity index is 2.52. The zero-order chi connectivity index (χ0) is 18.9. The minimum Gasteiger partial charge on any atom is -0.393 e. The van der Waals surface area contributed by atoms with Crippen molar-refractivity contribution in [1.82, 2.24) is 0 Å². The molecule has 0 unspecified atom stereocenters. The number of hydrogen-bond acceptors (Lipinski definition) is 7. The predicted octanol–water partition coefficient (Wildman–Crippen LogP) is 2.50. The molecular weight excluding hydrogens is 352 g/mol. The minimum atomic E-state index is -4.20. The Morgan fingerprint density at radius 2 is 1.68 bits per heavy atom. The van der Waals surface area contributed by atoms with Crippen LogP contribution in [0, 0.1) is 34.1 Å². The Labute approximate surface area is 142 Å². The number of anilines is 2. The quantitative estimate of drug-likeness (QED) is 0.467. The average molecular weight is 366 g/mol. The van der Waals surface area contributed by atoms with Crippen molar-refractivity contribution in [2.45, 2.75) is 18.7 Å². The summed E-state index contributed by atoms with van der Waals surface area (Å²) in [5.74, 6) is 0. The number of rotatable bonds is 5. The molecule has 10 nitrogen and oxygen atoms in total. The first-order valence-corrected chi connectivity index (χ1v) is 8.33. The van der Waals surface area contributed by atoms with E-state index in [4.69, 9.17) is 5.73 Å². The van der Waals surface area contributed by atoms with E-state index in [1.54, 1.807) is 6.92 Å². The first kappa shape index (κ1) is 18.1. The molecule has 2 aromatic rings. The highest BCUT2D eigenvalue weighted by Gasteiger charge is 2.23. The van der Waals surface area contributed by atoms with Gasteiger partial charge in [-0.25, -0.2) is 8.42 Å². The lowest BCUT2D eigenvalue weighted by Crippen LogP contribution is -2.15. The van der Waals surface area contributed by atoms with Crippen molar-refractivity contribution in [3.8, 4) is 0 Å². The summed E-state index contributed by atoms with van der Waals surface area (Å²) in [7, 11) is -4.20. The van der Waals surface area contributed by atoms with E-state index in [1.807, 2.05) is 0 Å². The van der Waals surface area contributed by atoms with Crippen LogP contribution in [0.4, 0.5) is 22.7 Å². The van der Waals surface area contributed by atoms with E-state index in [-0.39, 0.29) is 22.0 Å². The first-order chi connectivity index (χ1) is 11.5. The van der Waals surface area contributed by atoms with Gasteiger partial charge in [0.2, 0.25) is 0 Å². The number of hydrogen-bond donors (Lipinski definition) is 2. The van der Waals surface area contributed by atoms with E-state index >= 15 is 0 Å². The summed E-state index contributed by atoms with van der Waals surface area (Å²) in [4.78, 5) is 20.1. The summed E-state index contributed by atoms with van der Waals surface area (Å²) in [6, 6.07) is 5.65. The fourth-order valence-electron chi connectivity index (χ4n) is 2.17. The third-order valence-corrected chi connectivity index (χ3v) is 5.09. The SMILES string of the molecule is Cc1cc([N+](=O)[O-])cc(S(=O)(=O)Nc2ccc(N)c([N+](=O)[O-])c2)c1C. The molecule has 0 aliphatic carbocycles. The number of non-ortho nitro benzene ring substituents is 1. The normalized spacial score (nSPS) is 11.1. The number of benzene rings is 2. The zero-order valence-corrected chi connectivity index (χ0v) is 14.0. The highest BCUT2D eigenvalue weighted by atomic mass is 32.2. The van der Waals surface area contributed by atoms with Crippen LogP contribution >= 0.6 is 0 Å². The van der Waals surface area contributed by atoms with Gasteiger partial charge < -0.3 is 5.73 Å². The minimum absolute atomic E-state index is 0.0792. The Hall–Kier alpha value is -3.21. The Kier molecular flexibility index (Phi) is 4.61. The van der Waals surface area contributed by atoms with Crippen molar-refractivity contribution in [2.75, 3.05) is 10.5 Å². The number of nitro benzene ring substituents is 2. The smallest absolute Gasteiger partial charge is 0.294 e. The number of aryl methyl sites for hydroxylation is 1. The molecule has 0 saturated carbocycles. The standard InChI is InChI=1S/C14H14N4O6S/c1-8-5-11(17(19)20)7-14(9(8)2)25(23,24)16-10-3-4-12(15)13(6-10)18(21)22/h3-7,16H,15H2,1-2H3. The van der Waals surface area contributed by atoms with Crippen molar-refractivity contribution < 1.29 is 18.3 Å². The van der Waals surface area contributed by atoms with Crippen molar-refractivity contribution in [2.24, 2.45) is 0 Å². The Bertz CT molecular complexity index is 987. The van der Waals surface area contributed by atoms with E-state index in [0.29, 0.717) is 11.1 Å². The van der Waals surface area contributed by atoms with Crippen LogP contribution in [0.3, 0.4) is 0 Å². The average Bonchev–Trinajstić information content (AvgIpc) is 2.50. The lowest BCUT2D eigenvalue weighted by atomic mass is 10.1. The van der Waals surface area contributed by atoms with E-state index in [0.717, 1.165) is 12.1 Å². The maximum absolute atomic E-state index is 12.6. The molecule has 0 radical (unpaired) electrons. The molecule has 0 atom stereocenters. The van der Waals surface area contributed by atoms with Crippen molar-refractivity contribution in [3.05, 3.63) is 61.7 Å². The van der Waals surface area contributed by atoms with Crippen LogP contribution < -0.4 is 10.5 Å². The van der Waals surface area contributed by atoms with Crippen molar-refractivity contribution >= 4 is 32.8 Å². The van der Waals surface area contributed by atoms with Gasteiger partial charge in [0.15, 0.2) is 0 Å². The van der Waals surface area contributed by atoms with Gasteiger partial charge in [0, 0.05) is 18.2 Å². The largest absolute Gasteiger partial charge is 0.393 e. The number of nitro groups is 2. The van der Waals surface area contributed by atoms with Crippen LogP contribution in [-0.4, -0.2) is 18.3 Å². The van der Waals surface area contributed by atoms with Crippen LogP contribution in [0.25, 0.3) is 0 Å². The van der Waals surface area contributed by atoms with Crippen molar-refractivity contribution in [1.29, 1.82) is 0 Å². The first-order valence-electron chi connectivity index (χ1n) is 6.85. The highest BCUT2D eigenvalue weighted by molar-refractivity contribution is 7.92. The molecule has 2 rings (SSSR count). The molecule has 0 aliphatic rings. The van der Waals surface area contributed by atoms with Gasteiger partial charge in [0.05, 0.1) is 20.4 Å². The maximum atomic E-state index is 12.6. The van der Waals surface area contributed by atoms with Gasteiger partial charge >= 0.3 is 0 Å². The predicted molar refractivity (Wildman–Crippen MR) is 90.9 cm³/mol. The second-order valence-corrected chi connectivity index (χ2v) is 6.93. The lowest BCUT2D eigenvalue weighted by Gasteiger charge is -2.12. The molecule has 0 bridgehead atoms. The summed E-state index contributed by atoms with van der Waals surface area (Å²) >= 11 is 0. The number of nitrogens with two attached hydrogens (primary N) is 1. The molecule has 132 valence electrons. The van der Waals surface area contributed by atoms with Gasteiger partial charge in [-0.3, -0.25) is 25.0 Å². The number of nitrogen functional groups attached to an aromatic ring is 1. The third kappa shape index (κ3) is 3.66. The van der Waals surface area contributed by atoms with Gasteiger partial charge in [-0.05, 0) is 37.1 Å². The topological polar surface area (TPSA) is 158 Å². The Morgan fingerprint density at radius 1 is 1.04 bits per heavy atom. The van der Waals surface area contributed by atoms with E-state index in [2.05, 4.69) is 4.72 Å². The van der Waals surface area contributed by atoms with Gasteiger partial charge in [-0.15, -0.1) is 0 Å². The molecule has 11 heteroatoms. The van der Waals surface area contributed by atoms with Crippen LogP contribution in [-0.2, 0) is 10.0 Å². The molecule has 0 fully saturated rings. The molecule has 0 spiro atoms. The molecular formula is C14H14N4O6S. The fraction of sp³-hybridized carbons (Fsp3) is 0.143. The molecule has 0 amide bonds. The van der Waals surface area contributed by atoms with Gasteiger partial charge in [0.25, 0.3) is 21.4 Å². The van der Waals surface area contributed by atoms with Gasteiger partial charge in [-0.2, -0.15) is 0 Å². The number of nitrogens with one attached hydrogen (secondary N) is 1. The van der Waals surface area contributed by atoms with Crippen LogP contribution in [0.15, 0.2) is 35.2 Å². The third-order valence-electron chi connectivity index (χ3n) is 3.58. The fourth-order valence-corrected chi connectivity index (χ4v) is 3.56. The second-order valence-electron chi connectivity index (χ2n) is 5.28. The molecule has 0 aliphatic heterocycles. The monoisotopic (exact) mass is 366 g/mol. The number of nitrogens with zero attached hydrogens (tertiary/aromatic N) is 2. The van der Waals surface area contributed by atoms with E-state index < -0.39 is 25.6 Å². The summed E-state index contributed by atoms with van der Waals surface area (Å²) in [5.41, 5.74) is 5.22. The van der Waals surface area contributed by atoms with Gasteiger partial charge in [0.1, 0.15) is 5.69 Å². The molecule has 3 N–H and O–H groups in total. The molecule has 0 aromatic heterocycles. The molecule has 25 heavy (non-hydrogen) atoms. The number of sulfonamides is 1. The van der Waals surface area contributed by atoms with E-state index in [9.17, 15) is 28.6 Å². The van der Waals surface area contributed by atoms with Crippen LogP contribution in [0.1, 0.15) is 11.1 Å². The summed E-state index contributed by atoms with van der Waals surface area (Å²) in [6.45, 7) is 3.06. The van der Waals surface area contributed by atoms with E-state index in [1.165, 1.54) is 25.1 Å². The zero-order valence-electron chi connectivity index (χ0n) is 13.2. The molecule has 0 saturated heterocycles. The Morgan fingerprint density at radius 3 is 2.24 bits per heavy atom. The molecule has 0 heterocycles. The maximum Gasteiger partial charge on any atom is 0.294 e. The summed E-state index contributed by atoms with van der Waals surface area (Å²) in [5, 5.41) is 21.9. The summed E-state index contributed by atoms with van der Waals surface area (Å²) in [6.07, 6.45) is 0. The summed E-state index contributed by atoms with van der Waals surface area (Å²) < 4.78 is 27.3. The lowest BCUT2D eigenvalue weighted by molar-refractivity contribution is -0.385. The molecule has 2 aromatic carbocycles. The van der Waals surface area contributed by atoms with Gasteiger partial charge in [-0.1, -0.05) is 0 Å².